The number of hydrogen-bond donors (Lipinski definition) is 2. The highest BCUT2D eigenvalue weighted by atomic mass is 16.5. The number of ether oxygens (including phenoxy) is 1. The first-order valence-electron chi connectivity index (χ1n) is 7.41. The zero-order valence-corrected chi connectivity index (χ0v) is 13.2. The predicted octanol–water partition coefficient (Wildman–Crippen LogP) is 2.43. The van der Waals surface area contributed by atoms with Crippen molar-refractivity contribution in [2.24, 2.45) is 5.10 Å². The number of rotatable bonds is 7. The fraction of sp³-hybridized carbons (Fsp3) is 0.235. The molecule has 1 atom stereocenters. The lowest BCUT2D eigenvalue weighted by molar-refractivity contribution is -0.121. The molecule has 2 N–H and O–H groups in total. The SMILES string of the molecule is CCOc1ccc(NC(C)C(=O)NN=Cc2ccncc2)cc1. The lowest BCUT2D eigenvalue weighted by Crippen LogP contribution is -2.34. The van der Waals surface area contributed by atoms with Crippen LogP contribution >= 0.6 is 0 Å². The molecule has 1 aromatic carbocycles. The van der Waals surface area contributed by atoms with Crippen LogP contribution in [0, 0.1) is 0 Å². The van der Waals surface area contributed by atoms with Gasteiger partial charge >= 0.3 is 0 Å². The van der Waals surface area contributed by atoms with Gasteiger partial charge in [-0.2, -0.15) is 5.10 Å². The highest BCUT2D eigenvalue weighted by molar-refractivity contribution is 5.86. The summed E-state index contributed by atoms with van der Waals surface area (Å²) in [4.78, 5) is 15.9. The highest BCUT2D eigenvalue weighted by Gasteiger charge is 2.11. The summed E-state index contributed by atoms with van der Waals surface area (Å²) in [6.07, 6.45) is 4.90. The Kier molecular flexibility index (Phi) is 6.11. The molecule has 0 aliphatic carbocycles. The molecule has 2 aromatic rings. The molecule has 6 nitrogen and oxygen atoms in total. The lowest BCUT2D eigenvalue weighted by atomic mass is 10.2. The minimum absolute atomic E-state index is 0.218. The molecule has 0 aliphatic heterocycles. The van der Waals surface area contributed by atoms with Crippen LogP contribution in [0.4, 0.5) is 5.69 Å². The number of nitrogens with one attached hydrogen (secondary N) is 2. The molecule has 0 spiro atoms. The smallest absolute Gasteiger partial charge is 0.262 e. The molecule has 0 saturated carbocycles. The third-order valence-corrected chi connectivity index (χ3v) is 3.04. The maximum atomic E-state index is 12.0. The van der Waals surface area contributed by atoms with Crippen LogP contribution < -0.4 is 15.5 Å². The molecule has 1 heterocycles. The molecule has 1 aromatic heterocycles. The van der Waals surface area contributed by atoms with Crippen molar-refractivity contribution in [3.8, 4) is 5.75 Å². The molecule has 2 rings (SSSR count). The molecule has 1 amide bonds. The van der Waals surface area contributed by atoms with E-state index in [9.17, 15) is 4.79 Å². The van der Waals surface area contributed by atoms with Crippen molar-refractivity contribution >= 4 is 17.8 Å². The average Bonchev–Trinajstić information content (AvgIpc) is 2.57. The van der Waals surface area contributed by atoms with Gasteiger partial charge in [0.05, 0.1) is 12.8 Å². The summed E-state index contributed by atoms with van der Waals surface area (Å²) in [5.41, 5.74) is 4.22. The largest absolute Gasteiger partial charge is 0.494 e. The van der Waals surface area contributed by atoms with E-state index in [1.54, 1.807) is 37.7 Å². The van der Waals surface area contributed by atoms with Crippen LogP contribution in [0.2, 0.25) is 0 Å². The molecular formula is C17H20N4O2. The Balaban J connectivity index is 1.83. The zero-order valence-electron chi connectivity index (χ0n) is 13.2. The molecule has 120 valence electrons. The van der Waals surface area contributed by atoms with Gasteiger partial charge in [-0.3, -0.25) is 9.78 Å². The van der Waals surface area contributed by atoms with E-state index in [1.807, 2.05) is 31.2 Å². The molecular weight excluding hydrogens is 292 g/mol. The maximum absolute atomic E-state index is 12.0. The van der Waals surface area contributed by atoms with E-state index < -0.39 is 6.04 Å². The fourth-order valence-electron chi connectivity index (χ4n) is 1.85. The monoisotopic (exact) mass is 312 g/mol. The van der Waals surface area contributed by atoms with Gasteiger partial charge in [0, 0.05) is 18.1 Å². The normalized spacial score (nSPS) is 11.9. The second-order valence-electron chi connectivity index (χ2n) is 4.84. The van der Waals surface area contributed by atoms with Crippen LogP contribution in [0.3, 0.4) is 0 Å². The molecule has 0 bridgehead atoms. The average molecular weight is 312 g/mol. The topological polar surface area (TPSA) is 75.6 Å². The van der Waals surface area contributed by atoms with E-state index in [1.165, 1.54) is 0 Å². The Bertz CT molecular complexity index is 641. The van der Waals surface area contributed by atoms with Crippen molar-refractivity contribution in [1.82, 2.24) is 10.4 Å². The number of hydrogen-bond acceptors (Lipinski definition) is 5. The molecule has 0 radical (unpaired) electrons. The minimum atomic E-state index is -0.414. The first-order chi connectivity index (χ1) is 11.2. The second-order valence-corrected chi connectivity index (χ2v) is 4.84. The van der Waals surface area contributed by atoms with Crippen LogP contribution in [0.5, 0.6) is 5.75 Å². The Morgan fingerprint density at radius 3 is 2.61 bits per heavy atom. The molecule has 6 heteroatoms. The summed E-state index contributed by atoms with van der Waals surface area (Å²) in [5, 5.41) is 7.04. The summed E-state index contributed by atoms with van der Waals surface area (Å²) in [6, 6.07) is 10.6. The van der Waals surface area contributed by atoms with Crippen molar-refractivity contribution in [2.45, 2.75) is 19.9 Å². The standard InChI is InChI=1S/C17H20N4O2/c1-3-23-16-6-4-15(5-7-16)20-13(2)17(22)21-19-12-14-8-10-18-11-9-14/h4-13,20H,3H2,1-2H3,(H,21,22). The van der Waals surface area contributed by atoms with Gasteiger partial charge in [0.25, 0.3) is 5.91 Å². The first kappa shape index (κ1) is 16.5. The molecule has 1 unspecified atom stereocenters. The summed E-state index contributed by atoms with van der Waals surface area (Å²) in [6.45, 7) is 4.33. The number of benzene rings is 1. The molecule has 0 aliphatic rings. The van der Waals surface area contributed by atoms with E-state index in [4.69, 9.17) is 4.74 Å². The Hall–Kier alpha value is -2.89. The number of hydrazone groups is 1. The van der Waals surface area contributed by atoms with Crippen molar-refractivity contribution < 1.29 is 9.53 Å². The van der Waals surface area contributed by atoms with Crippen molar-refractivity contribution in [1.29, 1.82) is 0 Å². The van der Waals surface area contributed by atoms with Gasteiger partial charge in [-0.25, -0.2) is 5.43 Å². The van der Waals surface area contributed by atoms with Crippen molar-refractivity contribution in [3.63, 3.8) is 0 Å². The number of pyridine rings is 1. The van der Waals surface area contributed by atoms with Crippen LogP contribution in [-0.4, -0.2) is 29.8 Å². The zero-order chi connectivity index (χ0) is 16.5. The third-order valence-electron chi connectivity index (χ3n) is 3.04. The Labute approximate surface area is 135 Å². The van der Waals surface area contributed by atoms with Crippen LogP contribution in [0.1, 0.15) is 19.4 Å². The third kappa shape index (κ3) is 5.43. The number of amides is 1. The molecule has 0 fully saturated rings. The van der Waals surface area contributed by atoms with Crippen LogP contribution in [0.15, 0.2) is 53.9 Å². The summed E-state index contributed by atoms with van der Waals surface area (Å²) in [5.74, 6) is 0.585. The summed E-state index contributed by atoms with van der Waals surface area (Å²) >= 11 is 0. The van der Waals surface area contributed by atoms with Gasteiger partial charge in [0.15, 0.2) is 0 Å². The van der Waals surface area contributed by atoms with Crippen LogP contribution in [-0.2, 0) is 4.79 Å². The summed E-state index contributed by atoms with van der Waals surface area (Å²) < 4.78 is 5.38. The number of carbonyl (C=O) groups excluding carboxylic acids is 1. The van der Waals surface area contributed by atoms with E-state index in [0.717, 1.165) is 17.0 Å². The first-order valence-corrected chi connectivity index (χ1v) is 7.41. The van der Waals surface area contributed by atoms with Crippen LogP contribution in [0.25, 0.3) is 0 Å². The minimum Gasteiger partial charge on any atom is -0.494 e. The number of aromatic nitrogens is 1. The maximum Gasteiger partial charge on any atom is 0.262 e. The predicted molar refractivity (Wildman–Crippen MR) is 90.7 cm³/mol. The van der Waals surface area contributed by atoms with Gasteiger partial charge < -0.3 is 10.1 Å². The van der Waals surface area contributed by atoms with Gasteiger partial charge in [-0.15, -0.1) is 0 Å². The Morgan fingerprint density at radius 1 is 1.26 bits per heavy atom. The number of carbonyl (C=O) groups is 1. The number of anilines is 1. The number of nitrogens with zero attached hydrogens (tertiary/aromatic N) is 2. The Morgan fingerprint density at radius 2 is 1.96 bits per heavy atom. The van der Waals surface area contributed by atoms with E-state index >= 15 is 0 Å². The van der Waals surface area contributed by atoms with E-state index in [-0.39, 0.29) is 5.91 Å². The second kappa shape index (κ2) is 8.53. The van der Waals surface area contributed by atoms with Crippen molar-refractivity contribution in [2.75, 3.05) is 11.9 Å². The molecule has 23 heavy (non-hydrogen) atoms. The van der Waals surface area contributed by atoms with Gasteiger partial charge in [0.1, 0.15) is 11.8 Å². The van der Waals surface area contributed by atoms with E-state index in [2.05, 4.69) is 20.8 Å². The highest BCUT2D eigenvalue weighted by Crippen LogP contribution is 2.16. The van der Waals surface area contributed by atoms with Gasteiger partial charge in [-0.1, -0.05) is 0 Å². The van der Waals surface area contributed by atoms with Gasteiger partial charge in [-0.05, 0) is 55.8 Å². The lowest BCUT2D eigenvalue weighted by Gasteiger charge is -2.13. The van der Waals surface area contributed by atoms with E-state index in [0.29, 0.717) is 6.61 Å². The quantitative estimate of drug-likeness (QED) is 0.608. The molecule has 0 saturated heterocycles. The van der Waals surface area contributed by atoms with Crippen molar-refractivity contribution in [3.05, 3.63) is 54.4 Å². The van der Waals surface area contributed by atoms with Gasteiger partial charge in [0.2, 0.25) is 0 Å². The fourth-order valence-corrected chi connectivity index (χ4v) is 1.85. The summed E-state index contributed by atoms with van der Waals surface area (Å²) in [7, 11) is 0.